The van der Waals surface area contributed by atoms with Crippen molar-refractivity contribution in [2.24, 2.45) is 0 Å². The summed E-state index contributed by atoms with van der Waals surface area (Å²) in [6.07, 6.45) is -4.63. The summed E-state index contributed by atoms with van der Waals surface area (Å²) in [4.78, 5) is 0. The van der Waals surface area contributed by atoms with Crippen LogP contribution < -0.4 is 4.74 Å². The highest BCUT2D eigenvalue weighted by atomic mass is 35.5. The molecule has 0 unspecified atom stereocenters. The number of rotatable bonds is 7. The molecule has 0 aliphatic rings. The largest absolute Gasteiger partial charge is 0.487 e. The second-order valence-electron chi connectivity index (χ2n) is 9.46. The Morgan fingerprint density at radius 2 is 1.42 bits per heavy atom. The summed E-state index contributed by atoms with van der Waals surface area (Å²) in [5.74, 6) is 0.506. The average molecular weight is 535 g/mol. The fourth-order valence-electron chi connectivity index (χ4n) is 3.80. The predicted octanol–water partition coefficient (Wildman–Crippen LogP) is 7.65. The Balaban J connectivity index is 1.53. The monoisotopic (exact) mass is 534 g/mol. The van der Waals surface area contributed by atoms with Gasteiger partial charge < -0.3 is 9.22 Å². The Bertz CT molecular complexity index is 1320. The molecular weight excluding hydrogens is 510 g/mol. The molecule has 0 saturated heterocycles. The van der Waals surface area contributed by atoms with Gasteiger partial charge in [0.25, 0.3) is 0 Å². The van der Waals surface area contributed by atoms with Crippen molar-refractivity contribution in [1.29, 1.82) is 0 Å². The summed E-state index contributed by atoms with van der Waals surface area (Å²) < 4.78 is 47.9. The molecule has 9 heteroatoms. The summed E-state index contributed by atoms with van der Waals surface area (Å²) in [6, 6.07) is 21.4. The van der Waals surface area contributed by atoms with Crippen molar-refractivity contribution in [3.63, 3.8) is 0 Å². The molecule has 0 aliphatic carbocycles. The summed E-state index contributed by atoms with van der Waals surface area (Å²) in [5.41, 5.74) is 2.59. The van der Waals surface area contributed by atoms with Crippen LogP contribution >= 0.6 is 23.2 Å². The highest BCUT2D eigenvalue weighted by Crippen LogP contribution is 2.34. The quantitative estimate of drug-likeness (QED) is 0.227. The van der Waals surface area contributed by atoms with Crippen LogP contribution in [-0.2, 0) is 19.3 Å². The molecule has 0 radical (unpaired) electrons. The van der Waals surface area contributed by atoms with E-state index in [1.807, 2.05) is 12.1 Å². The van der Waals surface area contributed by atoms with Gasteiger partial charge in [-0.15, -0.1) is 0 Å². The molecule has 0 amide bonds. The first-order chi connectivity index (χ1) is 16.9. The Morgan fingerprint density at radius 3 is 1.94 bits per heavy atom. The molecule has 0 aliphatic heterocycles. The van der Waals surface area contributed by atoms with Crippen molar-refractivity contribution in [2.75, 3.05) is 21.1 Å². The second-order valence-corrected chi connectivity index (χ2v) is 10.3. The van der Waals surface area contributed by atoms with Gasteiger partial charge in [-0.2, -0.15) is 18.3 Å². The fourth-order valence-corrected chi connectivity index (χ4v) is 4.35. The first kappa shape index (κ1) is 26.1. The minimum Gasteiger partial charge on any atom is -0.487 e. The number of aromatic nitrogens is 2. The third-order valence-electron chi connectivity index (χ3n) is 5.41. The minimum absolute atomic E-state index is 0.161. The van der Waals surface area contributed by atoms with E-state index in [1.54, 1.807) is 18.2 Å². The zero-order valence-electron chi connectivity index (χ0n) is 20.0. The molecule has 0 saturated carbocycles. The van der Waals surface area contributed by atoms with Gasteiger partial charge in [0, 0.05) is 5.56 Å². The minimum atomic E-state index is -4.63. The standard InChI is InChI=1S/C27H25Cl2F3N3O/c1-35(2,3)16-18-7-9-19(10-8-18)20-11-13-22(14-12-20)36-17-21-15-25(27(30,31)32)33-34(21)26-23(28)5-4-6-24(26)29/h4-15H,16-17H2,1-3H3/q+1. The SMILES string of the molecule is C[N+](C)(C)Cc1ccc(-c2ccc(OCc3cc(C(F)(F)F)nn3-c3c(Cl)cccc3Cl)cc2)cc1. The molecule has 0 bridgehead atoms. The average Bonchev–Trinajstić information content (AvgIpc) is 3.22. The van der Waals surface area contributed by atoms with E-state index < -0.39 is 11.9 Å². The fraction of sp³-hybridized carbons (Fsp3) is 0.222. The van der Waals surface area contributed by atoms with Crippen LogP contribution in [0.4, 0.5) is 13.2 Å². The normalized spacial score (nSPS) is 12.1. The number of alkyl halides is 3. The molecule has 188 valence electrons. The van der Waals surface area contributed by atoms with Crippen LogP contribution in [0.3, 0.4) is 0 Å². The number of halogens is 5. The summed E-state index contributed by atoms with van der Waals surface area (Å²) in [6.45, 7) is 0.767. The lowest BCUT2D eigenvalue weighted by molar-refractivity contribution is -0.884. The molecule has 0 spiro atoms. The third kappa shape index (κ3) is 6.22. The zero-order chi connectivity index (χ0) is 26.1. The van der Waals surface area contributed by atoms with Gasteiger partial charge in [0.05, 0.1) is 36.9 Å². The summed E-state index contributed by atoms with van der Waals surface area (Å²) in [7, 11) is 6.44. The van der Waals surface area contributed by atoms with E-state index in [1.165, 1.54) is 17.7 Å². The first-order valence-electron chi connectivity index (χ1n) is 11.1. The maximum atomic E-state index is 13.4. The van der Waals surface area contributed by atoms with Crippen molar-refractivity contribution < 1.29 is 22.4 Å². The van der Waals surface area contributed by atoms with Crippen LogP contribution in [0.1, 0.15) is 17.0 Å². The lowest BCUT2D eigenvalue weighted by atomic mass is 10.0. The number of hydrogen-bond acceptors (Lipinski definition) is 2. The van der Waals surface area contributed by atoms with Crippen molar-refractivity contribution in [3.8, 4) is 22.6 Å². The molecule has 1 aromatic heterocycles. The van der Waals surface area contributed by atoms with Crippen LogP contribution in [0, 0.1) is 0 Å². The Kier molecular flexibility index (Phi) is 7.36. The molecule has 4 nitrogen and oxygen atoms in total. The van der Waals surface area contributed by atoms with Gasteiger partial charge in [0.1, 0.15) is 24.6 Å². The van der Waals surface area contributed by atoms with Crippen LogP contribution in [0.2, 0.25) is 10.0 Å². The second kappa shape index (κ2) is 10.2. The molecule has 36 heavy (non-hydrogen) atoms. The molecule has 3 aromatic carbocycles. The van der Waals surface area contributed by atoms with E-state index in [-0.39, 0.29) is 28.0 Å². The molecule has 4 rings (SSSR count). The topological polar surface area (TPSA) is 27.1 Å². The van der Waals surface area contributed by atoms with Crippen LogP contribution in [-0.4, -0.2) is 35.4 Å². The molecule has 0 fully saturated rings. The zero-order valence-corrected chi connectivity index (χ0v) is 21.5. The van der Waals surface area contributed by atoms with Gasteiger partial charge in [0.2, 0.25) is 0 Å². The van der Waals surface area contributed by atoms with Crippen molar-refractivity contribution in [1.82, 2.24) is 9.78 Å². The molecule has 0 N–H and O–H groups in total. The van der Waals surface area contributed by atoms with E-state index in [4.69, 9.17) is 27.9 Å². The van der Waals surface area contributed by atoms with Gasteiger partial charge >= 0.3 is 6.18 Å². The highest BCUT2D eigenvalue weighted by Gasteiger charge is 2.35. The number of ether oxygens (including phenoxy) is 1. The molecular formula is C27H25Cl2F3N3O+. The number of hydrogen-bond donors (Lipinski definition) is 0. The Hall–Kier alpha value is -3.00. The number of quaternary nitrogens is 1. The third-order valence-corrected chi connectivity index (χ3v) is 6.02. The van der Waals surface area contributed by atoms with Crippen molar-refractivity contribution in [2.45, 2.75) is 19.3 Å². The summed E-state index contributed by atoms with van der Waals surface area (Å²) >= 11 is 12.5. The maximum Gasteiger partial charge on any atom is 0.435 e. The maximum absolute atomic E-state index is 13.4. The van der Waals surface area contributed by atoms with E-state index in [2.05, 4.69) is 50.5 Å². The van der Waals surface area contributed by atoms with Gasteiger partial charge in [-0.3, -0.25) is 0 Å². The molecule has 1 heterocycles. The molecule has 4 aromatic rings. The van der Waals surface area contributed by atoms with Crippen molar-refractivity contribution in [3.05, 3.63) is 99.8 Å². The Labute approximate surface area is 218 Å². The number of nitrogens with zero attached hydrogens (tertiary/aromatic N) is 3. The summed E-state index contributed by atoms with van der Waals surface area (Å²) in [5, 5.41) is 4.07. The first-order valence-corrected chi connectivity index (χ1v) is 11.9. The lowest BCUT2D eigenvalue weighted by Crippen LogP contribution is -2.33. The predicted molar refractivity (Wildman–Crippen MR) is 137 cm³/mol. The lowest BCUT2D eigenvalue weighted by Gasteiger charge is -2.23. The smallest absolute Gasteiger partial charge is 0.435 e. The van der Waals surface area contributed by atoms with Crippen molar-refractivity contribution >= 4 is 23.2 Å². The van der Waals surface area contributed by atoms with Crippen LogP contribution in [0.5, 0.6) is 5.75 Å². The van der Waals surface area contributed by atoms with Gasteiger partial charge in [-0.25, -0.2) is 4.68 Å². The van der Waals surface area contributed by atoms with E-state index >= 15 is 0 Å². The van der Waals surface area contributed by atoms with Gasteiger partial charge in [-0.1, -0.05) is 65.7 Å². The number of benzene rings is 3. The highest BCUT2D eigenvalue weighted by molar-refractivity contribution is 6.37. The van der Waals surface area contributed by atoms with Crippen LogP contribution in [0.15, 0.2) is 72.8 Å². The van der Waals surface area contributed by atoms with Gasteiger partial charge in [-0.05, 0) is 41.5 Å². The van der Waals surface area contributed by atoms with E-state index in [0.29, 0.717) is 5.75 Å². The van der Waals surface area contributed by atoms with E-state index in [9.17, 15) is 13.2 Å². The molecule has 0 atom stereocenters. The number of para-hydroxylation sites is 1. The van der Waals surface area contributed by atoms with E-state index in [0.717, 1.165) is 32.9 Å². The van der Waals surface area contributed by atoms with Gasteiger partial charge in [0.15, 0.2) is 5.69 Å². The van der Waals surface area contributed by atoms with Crippen LogP contribution in [0.25, 0.3) is 16.8 Å². The Morgan fingerprint density at radius 1 is 0.861 bits per heavy atom.